The summed E-state index contributed by atoms with van der Waals surface area (Å²) < 4.78 is 10.4. The van der Waals surface area contributed by atoms with Gasteiger partial charge in [-0.05, 0) is 52.9 Å². The summed E-state index contributed by atoms with van der Waals surface area (Å²) in [5, 5.41) is 18.1. The summed E-state index contributed by atoms with van der Waals surface area (Å²) in [4.78, 5) is 41.5. The summed E-state index contributed by atoms with van der Waals surface area (Å²) in [5.74, 6) is -0.860. The van der Waals surface area contributed by atoms with Crippen molar-refractivity contribution in [3.63, 3.8) is 0 Å². The molecule has 3 N–H and O–H groups in total. The van der Waals surface area contributed by atoms with Gasteiger partial charge in [0.15, 0.2) is 0 Å². The first-order valence-corrected chi connectivity index (χ1v) is 13.0. The average Bonchev–Trinajstić information content (AvgIpc) is 3.42. The third-order valence-electron chi connectivity index (χ3n) is 7.78. The Morgan fingerprint density at radius 1 is 1.14 bits per heavy atom. The van der Waals surface area contributed by atoms with E-state index in [0.717, 1.165) is 38.5 Å². The summed E-state index contributed by atoms with van der Waals surface area (Å²) in [6.07, 6.45) is 4.38. The molecule has 6 atom stereocenters. The molecule has 2 saturated heterocycles. The summed E-state index contributed by atoms with van der Waals surface area (Å²) in [7, 11) is 2.93. The van der Waals surface area contributed by atoms with Gasteiger partial charge in [-0.25, -0.2) is 4.79 Å². The lowest BCUT2D eigenvalue weighted by Gasteiger charge is -2.41. The second-order valence-corrected chi connectivity index (χ2v) is 11.3. The first-order valence-electron chi connectivity index (χ1n) is 13.0. The van der Waals surface area contributed by atoms with E-state index < -0.39 is 30.0 Å². The lowest BCUT2D eigenvalue weighted by molar-refractivity contribution is -0.149. The van der Waals surface area contributed by atoms with Gasteiger partial charge >= 0.3 is 12.1 Å². The monoisotopic (exact) mass is 496 g/mol. The van der Waals surface area contributed by atoms with Crippen LogP contribution in [0.4, 0.5) is 4.79 Å². The zero-order valence-electron chi connectivity index (χ0n) is 22.1. The number of esters is 1. The third-order valence-corrected chi connectivity index (χ3v) is 7.78. The van der Waals surface area contributed by atoms with E-state index in [1.807, 2.05) is 4.90 Å². The summed E-state index contributed by atoms with van der Waals surface area (Å²) in [5.41, 5.74) is -0.667. The van der Waals surface area contributed by atoms with Crippen molar-refractivity contribution >= 4 is 18.0 Å². The van der Waals surface area contributed by atoms with Crippen molar-refractivity contribution in [2.24, 2.45) is 11.8 Å². The predicted molar refractivity (Wildman–Crippen MR) is 130 cm³/mol. The van der Waals surface area contributed by atoms with Crippen LogP contribution in [0.15, 0.2) is 0 Å². The molecule has 0 aromatic carbocycles. The Bertz CT molecular complexity index is 766. The summed E-state index contributed by atoms with van der Waals surface area (Å²) in [6, 6.07) is -1.35. The normalized spacial score (nSPS) is 28.0. The van der Waals surface area contributed by atoms with Crippen LogP contribution >= 0.6 is 0 Å². The van der Waals surface area contributed by atoms with Crippen LogP contribution in [-0.4, -0.2) is 96.1 Å². The summed E-state index contributed by atoms with van der Waals surface area (Å²) in [6.45, 7) is 8.14. The molecule has 200 valence electrons. The largest absolute Gasteiger partial charge is 0.469 e. The number of methoxy groups -OCH3 is 1. The van der Waals surface area contributed by atoms with Crippen LogP contribution < -0.4 is 10.6 Å². The molecule has 2 amide bonds. The van der Waals surface area contributed by atoms with Gasteiger partial charge in [0.25, 0.3) is 0 Å². The van der Waals surface area contributed by atoms with Crippen LogP contribution in [0.5, 0.6) is 0 Å². The maximum Gasteiger partial charge on any atom is 0.410 e. The minimum atomic E-state index is -0.942. The van der Waals surface area contributed by atoms with Crippen LogP contribution in [0.2, 0.25) is 0 Å². The zero-order chi connectivity index (χ0) is 25.9. The Kier molecular flexibility index (Phi) is 9.04. The Morgan fingerprint density at radius 3 is 2.40 bits per heavy atom. The van der Waals surface area contributed by atoms with E-state index in [1.54, 1.807) is 34.7 Å². The number of carbonyl (C=O) groups excluding carboxylic acids is 3. The highest BCUT2D eigenvalue weighted by atomic mass is 16.6. The quantitative estimate of drug-likeness (QED) is 0.453. The van der Waals surface area contributed by atoms with Crippen molar-refractivity contribution in [2.75, 3.05) is 27.2 Å². The van der Waals surface area contributed by atoms with Crippen LogP contribution in [0.25, 0.3) is 0 Å². The van der Waals surface area contributed by atoms with E-state index in [-0.39, 0.29) is 35.8 Å². The zero-order valence-corrected chi connectivity index (χ0v) is 22.1. The number of likely N-dealkylation sites (N-methyl/N-ethyl adjacent to an activating group) is 1. The maximum atomic E-state index is 13.3. The van der Waals surface area contributed by atoms with Gasteiger partial charge in [0, 0.05) is 32.2 Å². The molecule has 3 rings (SSSR count). The number of fused-ring (bicyclic) bond motifs is 1. The fraction of sp³-hybridized carbons (Fsp3) is 0.880. The highest BCUT2D eigenvalue weighted by Gasteiger charge is 2.51. The number of likely N-dealkylation sites (tertiary alicyclic amines) is 1. The maximum absolute atomic E-state index is 13.3. The van der Waals surface area contributed by atoms with Crippen molar-refractivity contribution in [1.82, 2.24) is 20.4 Å². The fourth-order valence-electron chi connectivity index (χ4n) is 5.74. The number of aliphatic hydroxyl groups is 1. The Labute approximate surface area is 209 Å². The number of hydrogen-bond acceptors (Lipinski definition) is 8. The molecule has 2 heterocycles. The summed E-state index contributed by atoms with van der Waals surface area (Å²) >= 11 is 0. The van der Waals surface area contributed by atoms with Gasteiger partial charge < -0.3 is 25.2 Å². The Hall–Kier alpha value is -1.91. The van der Waals surface area contributed by atoms with E-state index in [0.29, 0.717) is 13.1 Å². The van der Waals surface area contributed by atoms with Gasteiger partial charge in [0.1, 0.15) is 17.9 Å². The first-order chi connectivity index (χ1) is 16.4. The minimum Gasteiger partial charge on any atom is -0.469 e. The molecule has 1 unspecified atom stereocenters. The molecule has 0 aromatic heterocycles. The number of nitrogens with zero attached hydrogens (tertiary/aromatic N) is 2. The van der Waals surface area contributed by atoms with E-state index in [1.165, 1.54) is 12.0 Å². The Morgan fingerprint density at radius 2 is 1.80 bits per heavy atom. The molecule has 0 radical (unpaired) electrons. The second kappa shape index (κ2) is 11.4. The van der Waals surface area contributed by atoms with Gasteiger partial charge in [-0.1, -0.05) is 19.3 Å². The number of rotatable bonds is 7. The molecule has 0 spiro atoms. The Balaban J connectivity index is 1.76. The molecule has 10 nitrogen and oxygen atoms in total. The number of nitrogens with one attached hydrogen (secondary N) is 2. The smallest absolute Gasteiger partial charge is 0.410 e. The van der Waals surface area contributed by atoms with E-state index in [9.17, 15) is 19.5 Å². The van der Waals surface area contributed by atoms with Gasteiger partial charge in [0.2, 0.25) is 5.91 Å². The van der Waals surface area contributed by atoms with Crippen molar-refractivity contribution in [3.05, 3.63) is 0 Å². The predicted octanol–water partition coefficient (Wildman–Crippen LogP) is 1.46. The molecule has 1 aliphatic carbocycles. The van der Waals surface area contributed by atoms with Gasteiger partial charge in [-0.3, -0.25) is 19.4 Å². The number of carbonyl (C=O) groups is 3. The van der Waals surface area contributed by atoms with E-state index in [2.05, 4.69) is 10.6 Å². The number of aliphatic hydroxyl groups excluding tert-OH is 1. The van der Waals surface area contributed by atoms with Crippen LogP contribution in [0.3, 0.4) is 0 Å². The number of amides is 2. The molecule has 35 heavy (non-hydrogen) atoms. The van der Waals surface area contributed by atoms with Crippen LogP contribution in [0.1, 0.15) is 66.2 Å². The molecule has 3 fully saturated rings. The van der Waals surface area contributed by atoms with Crippen molar-refractivity contribution in [3.8, 4) is 0 Å². The molecule has 2 aliphatic heterocycles. The molecule has 0 aromatic rings. The lowest BCUT2D eigenvalue weighted by atomic mass is 9.82. The van der Waals surface area contributed by atoms with Gasteiger partial charge in [-0.2, -0.15) is 0 Å². The fourth-order valence-corrected chi connectivity index (χ4v) is 5.74. The first kappa shape index (κ1) is 27.7. The minimum absolute atomic E-state index is 0.105. The van der Waals surface area contributed by atoms with Crippen LogP contribution in [0, 0.1) is 11.8 Å². The second-order valence-electron chi connectivity index (χ2n) is 11.3. The molecule has 10 heteroatoms. The highest BCUT2D eigenvalue weighted by Crippen LogP contribution is 2.35. The van der Waals surface area contributed by atoms with Crippen molar-refractivity contribution < 1.29 is 29.0 Å². The van der Waals surface area contributed by atoms with Gasteiger partial charge in [0.05, 0.1) is 19.1 Å². The third kappa shape index (κ3) is 6.46. The standard InChI is InChI=1S/C25H44N4O6/c1-15(28(5)24(33)35-25(2,3)4)21(30)27-19(16-10-8-7-9-11-16)22(31)29-13-12-18-20(29)17(14-26-18)23(32)34-6/h15-20,22,26,31H,7-14H2,1-6H3,(H,27,30)/t15-,17-,18+,19-,20+,22?/m0/s1. The molecular weight excluding hydrogens is 452 g/mol. The molecule has 0 bridgehead atoms. The number of ether oxygens (including phenoxy) is 2. The molecular formula is C25H44N4O6. The highest BCUT2D eigenvalue weighted by molar-refractivity contribution is 5.85. The van der Waals surface area contributed by atoms with Crippen molar-refractivity contribution in [2.45, 2.75) is 102 Å². The number of hydrogen-bond donors (Lipinski definition) is 3. The SMILES string of the molecule is COC(=O)[C@H]1CN[C@@H]2CCN(C(O)[C@@H](NC(=O)[C@H](C)N(C)C(=O)OC(C)(C)C)C3CCCCC3)[C@H]12. The van der Waals surface area contributed by atoms with Crippen LogP contribution in [-0.2, 0) is 19.1 Å². The van der Waals surface area contributed by atoms with Gasteiger partial charge in [-0.15, -0.1) is 0 Å². The van der Waals surface area contributed by atoms with Crippen molar-refractivity contribution in [1.29, 1.82) is 0 Å². The van der Waals surface area contributed by atoms with E-state index >= 15 is 0 Å². The molecule has 1 saturated carbocycles. The lowest BCUT2D eigenvalue weighted by Crippen LogP contribution is -2.60. The van der Waals surface area contributed by atoms with E-state index in [4.69, 9.17) is 9.47 Å². The molecule has 3 aliphatic rings. The topological polar surface area (TPSA) is 120 Å². The average molecular weight is 497 g/mol.